The molecule has 0 amide bonds. The van der Waals surface area contributed by atoms with E-state index in [1.54, 1.807) is 0 Å². The summed E-state index contributed by atoms with van der Waals surface area (Å²) in [5.74, 6) is 0.696. The minimum atomic E-state index is 0.217. The lowest BCUT2D eigenvalue weighted by Gasteiger charge is -2.22. The second-order valence-corrected chi connectivity index (χ2v) is 4.18. The van der Waals surface area contributed by atoms with Crippen molar-refractivity contribution in [3.63, 3.8) is 0 Å². The number of aryl methyl sites for hydroxylation is 1. The Balaban J connectivity index is 2.44. The van der Waals surface area contributed by atoms with Crippen LogP contribution in [0.4, 0.5) is 0 Å². The fourth-order valence-electron chi connectivity index (χ4n) is 1.91. The van der Waals surface area contributed by atoms with E-state index in [1.807, 2.05) is 33.2 Å². The molecule has 0 saturated heterocycles. The highest BCUT2D eigenvalue weighted by Gasteiger charge is 2.13. The Morgan fingerprint density at radius 3 is 2.81 bits per heavy atom. The van der Waals surface area contributed by atoms with Crippen LogP contribution < -0.4 is 5.73 Å². The summed E-state index contributed by atoms with van der Waals surface area (Å²) in [4.78, 5) is 6.37. The summed E-state index contributed by atoms with van der Waals surface area (Å²) in [6, 6.07) is 6.27. The minimum absolute atomic E-state index is 0.217. The molecule has 0 aliphatic heterocycles. The maximum Gasteiger partial charge on any atom is 0.192 e. The molecular weight excluding hydrogens is 202 g/mol. The summed E-state index contributed by atoms with van der Waals surface area (Å²) in [5, 5.41) is 0. The van der Waals surface area contributed by atoms with Gasteiger partial charge in [-0.05, 0) is 31.8 Å². The largest absolute Gasteiger partial charge is 0.441 e. The summed E-state index contributed by atoms with van der Waals surface area (Å²) < 4.78 is 5.51. The van der Waals surface area contributed by atoms with Crippen LogP contribution in [0.3, 0.4) is 0 Å². The molecule has 0 fully saturated rings. The fraction of sp³-hybridized carbons (Fsp3) is 0.417. The summed E-state index contributed by atoms with van der Waals surface area (Å²) in [7, 11) is 4.04. The Morgan fingerprint density at radius 1 is 1.44 bits per heavy atom. The summed E-state index contributed by atoms with van der Waals surface area (Å²) in [5.41, 5.74) is 8.66. The van der Waals surface area contributed by atoms with E-state index in [0.717, 1.165) is 16.7 Å². The Hall–Kier alpha value is -1.39. The van der Waals surface area contributed by atoms with E-state index in [1.165, 1.54) is 0 Å². The van der Waals surface area contributed by atoms with Gasteiger partial charge in [0.2, 0.25) is 0 Å². The van der Waals surface area contributed by atoms with Gasteiger partial charge in [-0.15, -0.1) is 0 Å². The van der Waals surface area contributed by atoms with Gasteiger partial charge in [-0.1, -0.05) is 6.07 Å². The molecule has 2 aromatic rings. The zero-order valence-corrected chi connectivity index (χ0v) is 9.90. The van der Waals surface area contributed by atoms with Gasteiger partial charge in [0.1, 0.15) is 5.52 Å². The summed E-state index contributed by atoms with van der Waals surface area (Å²) in [6.45, 7) is 2.44. The van der Waals surface area contributed by atoms with Gasteiger partial charge in [0.15, 0.2) is 11.5 Å². The molecule has 1 unspecified atom stereocenters. The van der Waals surface area contributed by atoms with Crippen LogP contribution in [0.25, 0.3) is 11.1 Å². The number of hydrogen-bond donors (Lipinski definition) is 1. The van der Waals surface area contributed by atoms with Crippen molar-refractivity contribution < 1.29 is 4.42 Å². The molecule has 86 valence electrons. The van der Waals surface area contributed by atoms with Gasteiger partial charge in [-0.3, -0.25) is 0 Å². The lowest BCUT2D eigenvalue weighted by molar-refractivity contribution is 0.306. The molecule has 0 spiro atoms. The van der Waals surface area contributed by atoms with Crippen molar-refractivity contribution >= 4 is 11.1 Å². The molecule has 2 rings (SSSR count). The lowest BCUT2D eigenvalue weighted by Crippen LogP contribution is -2.27. The van der Waals surface area contributed by atoms with Gasteiger partial charge in [0, 0.05) is 19.5 Å². The van der Waals surface area contributed by atoms with Gasteiger partial charge < -0.3 is 15.1 Å². The maximum absolute atomic E-state index is 5.77. The molecule has 2 N–H and O–H groups in total. The molecule has 1 atom stereocenters. The Bertz CT molecular complexity index is 490. The predicted octanol–water partition coefficient (Wildman–Crippen LogP) is 1.70. The van der Waals surface area contributed by atoms with Crippen LogP contribution in [-0.2, 0) is 0 Å². The zero-order chi connectivity index (χ0) is 11.7. The van der Waals surface area contributed by atoms with Crippen LogP contribution in [0.5, 0.6) is 0 Å². The molecule has 1 heterocycles. The predicted molar refractivity (Wildman–Crippen MR) is 64.2 cm³/mol. The number of oxazole rings is 1. The van der Waals surface area contributed by atoms with Crippen LogP contribution in [-0.4, -0.2) is 30.5 Å². The SMILES string of the molecule is Cc1nc2ccc(C(CN)N(C)C)cc2o1. The number of nitrogens with zero attached hydrogens (tertiary/aromatic N) is 2. The van der Waals surface area contributed by atoms with Crippen molar-refractivity contribution in [2.75, 3.05) is 20.6 Å². The standard InChI is InChI=1S/C12H17N3O/c1-8-14-10-5-4-9(6-12(10)16-8)11(7-13)15(2)3/h4-6,11H,7,13H2,1-3H3. The first kappa shape index (κ1) is 11.1. The number of nitrogens with two attached hydrogens (primary N) is 1. The van der Waals surface area contributed by atoms with Crippen LogP contribution >= 0.6 is 0 Å². The number of fused-ring (bicyclic) bond motifs is 1. The third-order valence-electron chi connectivity index (χ3n) is 2.75. The molecule has 0 aliphatic rings. The Labute approximate surface area is 95.1 Å². The Kier molecular flexibility index (Phi) is 2.94. The van der Waals surface area contributed by atoms with Crippen LogP contribution in [0.1, 0.15) is 17.5 Å². The van der Waals surface area contributed by atoms with Gasteiger partial charge in [0.05, 0.1) is 0 Å². The van der Waals surface area contributed by atoms with E-state index in [-0.39, 0.29) is 6.04 Å². The van der Waals surface area contributed by atoms with E-state index in [4.69, 9.17) is 10.2 Å². The molecule has 1 aromatic heterocycles. The summed E-state index contributed by atoms with van der Waals surface area (Å²) >= 11 is 0. The van der Waals surface area contributed by atoms with Crippen LogP contribution in [0.15, 0.2) is 22.6 Å². The maximum atomic E-state index is 5.77. The second kappa shape index (κ2) is 4.23. The third kappa shape index (κ3) is 1.94. The van der Waals surface area contributed by atoms with Crippen LogP contribution in [0.2, 0.25) is 0 Å². The highest BCUT2D eigenvalue weighted by molar-refractivity contribution is 5.73. The monoisotopic (exact) mass is 219 g/mol. The van der Waals surface area contributed by atoms with Crippen molar-refractivity contribution in [3.05, 3.63) is 29.7 Å². The molecule has 0 aliphatic carbocycles. The Morgan fingerprint density at radius 2 is 2.19 bits per heavy atom. The average Bonchev–Trinajstić information content (AvgIpc) is 2.57. The lowest BCUT2D eigenvalue weighted by atomic mass is 10.1. The van der Waals surface area contributed by atoms with Gasteiger partial charge in [0.25, 0.3) is 0 Å². The molecule has 0 bridgehead atoms. The van der Waals surface area contributed by atoms with E-state index in [2.05, 4.69) is 16.0 Å². The number of likely N-dealkylation sites (N-methyl/N-ethyl adjacent to an activating group) is 1. The second-order valence-electron chi connectivity index (χ2n) is 4.18. The molecule has 1 aromatic carbocycles. The van der Waals surface area contributed by atoms with Crippen LogP contribution in [0, 0.1) is 6.92 Å². The summed E-state index contributed by atoms with van der Waals surface area (Å²) in [6.07, 6.45) is 0. The van der Waals surface area contributed by atoms with Crippen molar-refractivity contribution in [1.82, 2.24) is 9.88 Å². The number of benzene rings is 1. The fourth-order valence-corrected chi connectivity index (χ4v) is 1.91. The number of hydrogen-bond acceptors (Lipinski definition) is 4. The highest BCUT2D eigenvalue weighted by atomic mass is 16.3. The molecule has 0 radical (unpaired) electrons. The molecule has 4 nitrogen and oxygen atoms in total. The first-order valence-corrected chi connectivity index (χ1v) is 5.35. The highest BCUT2D eigenvalue weighted by Crippen LogP contribution is 2.22. The van der Waals surface area contributed by atoms with E-state index in [9.17, 15) is 0 Å². The first-order chi connectivity index (χ1) is 7.61. The molecular formula is C12H17N3O. The average molecular weight is 219 g/mol. The first-order valence-electron chi connectivity index (χ1n) is 5.35. The van der Waals surface area contributed by atoms with Crippen molar-refractivity contribution in [1.29, 1.82) is 0 Å². The molecule has 4 heteroatoms. The smallest absolute Gasteiger partial charge is 0.192 e. The topological polar surface area (TPSA) is 55.3 Å². The molecule has 0 saturated carbocycles. The number of aromatic nitrogens is 1. The van der Waals surface area contributed by atoms with E-state index >= 15 is 0 Å². The van der Waals surface area contributed by atoms with Gasteiger partial charge in [-0.2, -0.15) is 0 Å². The quantitative estimate of drug-likeness (QED) is 0.853. The third-order valence-corrected chi connectivity index (χ3v) is 2.75. The van der Waals surface area contributed by atoms with E-state index < -0.39 is 0 Å². The van der Waals surface area contributed by atoms with Gasteiger partial charge in [-0.25, -0.2) is 4.98 Å². The normalized spacial score (nSPS) is 13.6. The minimum Gasteiger partial charge on any atom is -0.441 e. The number of rotatable bonds is 3. The van der Waals surface area contributed by atoms with Crippen molar-refractivity contribution in [2.45, 2.75) is 13.0 Å². The van der Waals surface area contributed by atoms with Crippen molar-refractivity contribution in [3.8, 4) is 0 Å². The zero-order valence-electron chi connectivity index (χ0n) is 9.90. The van der Waals surface area contributed by atoms with E-state index in [0.29, 0.717) is 12.4 Å². The van der Waals surface area contributed by atoms with Gasteiger partial charge >= 0.3 is 0 Å². The molecule has 16 heavy (non-hydrogen) atoms. The van der Waals surface area contributed by atoms with Crippen molar-refractivity contribution in [2.24, 2.45) is 5.73 Å².